The van der Waals surface area contributed by atoms with E-state index in [1.54, 1.807) is 0 Å². The molecule has 0 atom stereocenters. The zero-order chi connectivity index (χ0) is 6.78. The molecular formula is C3H3F4O-. The van der Waals surface area contributed by atoms with Crippen LogP contribution in [0.15, 0.2) is 0 Å². The van der Waals surface area contributed by atoms with E-state index >= 15 is 0 Å². The monoisotopic (exact) mass is 131 g/mol. The molecule has 0 unspecified atom stereocenters. The first-order valence-corrected chi connectivity index (χ1v) is 1.75. The third-order valence-corrected chi connectivity index (χ3v) is 0.512. The number of rotatable bonds is 2. The summed E-state index contributed by atoms with van der Waals surface area (Å²) in [5, 5.41) is 9.16. The van der Waals surface area contributed by atoms with Gasteiger partial charge in [-0.3, -0.25) is 0 Å². The highest BCUT2D eigenvalue weighted by molar-refractivity contribution is 4.64. The lowest BCUT2D eigenvalue weighted by Crippen LogP contribution is -2.37. The van der Waals surface area contributed by atoms with Gasteiger partial charge in [-0.2, -0.15) is 0 Å². The molecule has 0 aromatic rings. The van der Waals surface area contributed by atoms with E-state index in [9.17, 15) is 17.6 Å². The molecule has 0 amide bonds. The quantitative estimate of drug-likeness (QED) is 0.492. The van der Waals surface area contributed by atoms with E-state index in [0.717, 1.165) is 0 Å². The predicted molar refractivity (Wildman–Crippen MR) is 15.8 cm³/mol. The topological polar surface area (TPSA) is 23.1 Å². The Balaban J connectivity index is 3.71. The number of hydrogen-bond acceptors (Lipinski definition) is 1. The van der Waals surface area contributed by atoms with Crippen molar-refractivity contribution in [1.29, 1.82) is 0 Å². The second kappa shape index (κ2) is 2.30. The normalized spacial score (nSPS) is 12.8. The van der Waals surface area contributed by atoms with Crippen molar-refractivity contribution >= 4 is 0 Å². The summed E-state index contributed by atoms with van der Waals surface area (Å²) in [7, 11) is 0. The largest absolute Gasteiger partial charge is 0.850 e. The molecule has 0 bridgehead atoms. The van der Waals surface area contributed by atoms with Gasteiger partial charge < -0.3 is 5.11 Å². The maximum absolute atomic E-state index is 11.2. The Kier molecular flexibility index (Phi) is 2.21. The summed E-state index contributed by atoms with van der Waals surface area (Å²) in [6.45, 7) is -2.05. The van der Waals surface area contributed by atoms with Gasteiger partial charge in [-0.1, -0.05) is 6.61 Å². The van der Waals surface area contributed by atoms with E-state index in [1.165, 1.54) is 0 Å². The SMILES string of the molecule is [O-]CC(F)(F)C(F)F. The Morgan fingerprint density at radius 1 is 1.38 bits per heavy atom. The van der Waals surface area contributed by atoms with E-state index in [4.69, 9.17) is 5.11 Å². The van der Waals surface area contributed by atoms with Crippen molar-refractivity contribution in [2.45, 2.75) is 12.3 Å². The van der Waals surface area contributed by atoms with Crippen LogP contribution in [-0.2, 0) is 0 Å². The van der Waals surface area contributed by atoms with Gasteiger partial charge in [0.05, 0.1) is 0 Å². The van der Waals surface area contributed by atoms with Gasteiger partial charge in [0.15, 0.2) is 0 Å². The van der Waals surface area contributed by atoms with Gasteiger partial charge in [0, 0.05) is 0 Å². The van der Waals surface area contributed by atoms with E-state index in [-0.39, 0.29) is 0 Å². The molecule has 0 heterocycles. The summed E-state index contributed by atoms with van der Waals surface area (Å²) in [5.74, 6) is -4.35. The van der Waals surface area contributed by atoms with Crippen LogP contribution in [0.3, 0.4) is 0 Å². The number of halogens is 4. The van der Waals surface area contributed by atoms with Crippen LogP contribution in [0.5, 0.6) is 0 Å². The molecule has 0 aromatic carbocycles. The van der Waals surface area contributed by atoms with Crippen LogP contribution < -0.4 is 5.11 Å². The average Bonchev–Trinajstić information content (AvgIpc) is 1.67. The van der Waals surface area contributed by atoms with Crippen molar-refractivity contribution in [3.8, 4) is 0 Å². The zero-order valence-electron chi connectivity index (χ0n) is 3.70. The van der Waals surface area contributed by atoms with Gasteiger partial charge in [0.1, 0.15) is 0 Å². The van der Waals surface area contributed by atoms with Gasteiger partial charge in [0.2, 0.25) is 0 Å². The molecule has 0 rings (SSSR count). The Bertz CT molecular complexity index is 71.7. The molecule has 0 aliphatic heterocycles. The maximum Gasteiger partial charge on any atom is 0.299 e. The van der Waals surface area contributed by atoms with Gasteiger partial charge in [0.25, 0.3) is 12.3 Å². The minimum absolute atomic E-state index is 2.05. The molecule has 0 fully saturated rings. The highest BCUT2D eigenvalue weighted by Gasteiger charge is 2.35. The minimum Gasteiger partial charge on any atom is -0.850 e. The van der Waals surface area contributed by atoms with Crippen LogP contribution in [0.1, 0.15) is 0 Å². The van der Waals surface area contributed by atoms with Crippen molar-refractivity contribution in [3.05, 3.63) is 0 Å². The first-order chi connectivity index (χ1) is 3.50. The van der Waals surface area contributed by atoms with Gasteiger partial charge in [-0.15, -0.1) is 0 Å². The molecule has 0 saturated heterocycles. The fourth-order valence-electron chi connectivity index (χ4n) is 0.0630. The Morgan fingerprint density at radius 3 is 1.75 bits per heavy atom. The average molecular weight is 131 g/mol. The summed E-state index contributed by atoms with van der Waals surface area (Å²) in [5.41, 5.74) is 0. The first-order valence-electron chi connectivity index (χ1n) is 1.75. The summed E-state index contributed by atoms with van der Waals surface area (Å²) in [6.07, 6.45) is -3.83. The molecule has 0 radical (unpaired) electrons. The molecule has 0 N–H and O–H groups in total. The maximum atomic E-state index is 11.2. The molecule has 0 spiro atoms. The van der Waals surface area contributed by atoms with Crippen LogP contribution in [0.4, 0.5) is 17.6 Å². The summed E-state index contributed by atoms with van der Waals surface area (Å²) in [4.78, 5) is 0. The highest BCUT2D eigenvalue weighted by Crippen LogP contribution is 2.19. The molecule has 0 saturated carbocycles. The highest BCUT2D eigenvalue weighted by atomic mass is 19.3. The van der Waals surface area contributed by atoms with Crippen molar-refractivity contribution in [3.63, 3.8) is 0 Å². The zero-order valence-corrected chi connectivity index (χ0v) is 3.70. The van der Waals surface area contributed by atoms with E-state index < -0.39 is 19.0 Å². The summed E-state index contributed by atoms with van der Waals surface area (Å²) in [6, 6.07) is 0. The summed E-state index contributed by atoms with van der Waals surface area (Å²) >= 11 is 0. The van der Waals surface area contributed by atoms with E-state index in [0.29, 0.717) is 0 Å². The van der Waals surface area contributed by atoms with Crippen LogP contribution in [0.25, 0.3) is 0 Å². The van der Waals surface area contributed by atoms with Crippen LogP contribution in [0, 0.1) is 0 Å². The van der Waals surface area contributed by atoms with Crippen molar-refractivity contribution in [2.75, 3.05) is 6.61 Å². The fourth-order valence-corrected chi connectivity index (χ4v) is 0.0630. The number of alkyl halides is 4. The molecule has 8 heavy (non-hydrogen) atoms. The van der Waals surface area contributed by atoms with Crippen LogP contribution in [0.2, 0.25) is 0 Å². The molecule has 5 heteroatoms. The van der Waals surface area contributed by atoms with Crippen LogP contribution >= 0.6 is 0 Å². The minimum atomic E-state index is -4.35. The van der Waals surface area contributed by atoms with E-state index in [2.05, 4.69) is 0 Å². The lowest BCUT2D eigenvalue weighted by atomic mass is 10.4. The van der Waals surface area contributed by atoms with Crippen molar-refractivity contribution in [2.24, 2.45) is 0 Å². The smallest absolute Gasteiger partial charge is 0.299 e. The fraction of sp³-hybridized carbons (Fsp3) is 1.00. The number of hydrogen-bond donors (Lipinski definition) is 0. The van der Waals surface area contributed by atoms with Gasteiger partial charge in [-0.05, 0) is 0 Å². The summed E-state index contributed by atoms with van der Waals surface area (Å²) < 4.78 is 44.2. The van der Waals surface area contributed by atoms with Crippen molar-refractivity contribution < 1.29 is 22.7 Å². The Labute approximate surface area is 42.9 Å². The third-order valence-electron chi connectivity index (χ3n) is 0.512. The second-order valence-corrected chi connectivity index (χ2v) is 1.21. The van der Waals surface area contributed by atoms with Gasteiger partial charge >= 0.3 is 0 Å². The molecule has 50 valence electrons. The lowest BCUT2D eigenvalue weighted by molar-refractivity contribution is -0.417. The van der Waals surface area contributed by atoms with Gasteiger partial charge in [-0.25, -0.2) is 17.6 Å². The molecule has 0 aliphatic rings. The lowest BCUT2D eigenvalue weighted by Gasteiger charge is -2.16. The Hall–Kier alpha value is -0.320. The first kappa shape index (κ1) is 7.68. The second-order valence-electron chi connectivity index (χ2n) is 1.21. The van der Waals surface area contributed by atoms with Crippen molar-refractivity contribution in [1.82, 2.24) is 0 Å². The Morgan fingerprint density at radius 2 is 1.75 bits per heavy atom. The van der Waals surface area contributed by atoms with Crippen LogP contribution in [-0.4, -0.2) is 19.0 Å². The predicted octanol–water partition coefficient (Wildman–Crippen LogP) is 0.247. The standard InChI is InChI=1S/C3H3F4O/c4-2(5)3(6,7)1-8/h2H,1H2/q-1. The molecule has 0 aliphatic carbocycles. The molecule has 1 nitrogen and oxygen atoms in total. The molecular weight excluding hydrogens is 128 g/mol. The third kappa shape index (κ3) is 1.65. The molecule has 0 aromatic heterocycles. The van der Waals surface area contributed by atoms with E-state index in [1.807, 2.05) is 0 Å².